The molecule has 0 aliphatic heterocycles. The third kappa shape index (κ3) is 3.52. The van der Waals surface area contributed by atoms with Gasteiger partial charge in [-0.05, 0) is 5.56 Å². The van der Waals surface area contributed by atoms with Gasteiger partial charge in [0.1, 0.15) is 0 Å². The maximum Gasteiger partial charge on any atom is 0.329 e. The van der Waals surface area contributed by atoms with E-state index in [1.807, 2.05) is 30.3 Å². The summed E-state index contributed by atoms with van der Waals surface area (Å²) < 4.78 is 8.13. The number of rotatable bonds is 7. The number of benzene rings is 1. The number of hydrogen-bond acceptors (Lipinski definition) is 7. The van der Waals surface area contributed by atoms with Crippen LogP contribution < -0.4 is 22.5 Å². The molecule has 0 unspecified atom stereocenters. The van der Waals surface area contributed by atoms with Crippen molar-refractivity contribution in [2.75, 3.05) is 12.0 Å². The number of hydrazine groups is 1. The van der Waals surface area contributed by atoms with E-state index in [9.17, 15) is 14.7 Å². The number of aliphatic hydroxyl groups excluding tert-OH is 1. The Labute approximate surface area is 147 Å². The van der Waals surface area contributed by atoms with Crippen LogP contribution in [-0.4, -0.2) is 36.9 Å². The van der Waals surface area contributed by atoms with Gasteiger partial charge >= 0.3 is 5.69 Å². The molecule has 2 aromatic heterocycles. The number of imidazole rings is 1. The van der Waals surface area contributed by atoms with Crippen molar-refractivity contribution in [3.05, 3.63) is 56.7 Å². The molecule has 0 aliphatic carbocycles. The molecule has 0 saturated heterocycles. The minimum Gasteiger partial charge on any atom is -0.389 e. The zero-order valence-electron chi connectivity index (χ0n) is 14.2. The first-order valence-electron chi connectivity index (χ1n) is 7.97. The smallest absolute Gasteiger partial charge is 0.329 e. The molecule has 0 amide bonds. The number of nitrogens with one attached hydrogen (secondary N) is 2. The average Bonchev–Trinajstić information content (AvgIpc) is 2.99. The van der Waals surface area contributed by atoms with Gasteiger partial charge in [-0.1, -0.05) is 30.3 Å². The van der Waals surface area contributed by atoms with Gasteiger partial charge in [-0.15, -0.1) is 0 Å². The fourth-order valence-electron chi connectivity index (χ4n) is 2.67. The number of hydrogen-bond donors (Lipinski definition) is 4. The van der Waals surface area contributed by atoms with Gasteiger partial charge in [-0.3, -0.25) is 19.8 Å². The number of anilines is 1. The molecule has 0 aliphatic rings. The number of aromatic amines is 1. The summed E-state index contributed by atoms with van der Waals surface area (Å²) in [6, 6.07) is 9.57. The molecule has 0 spiro atoms. The predicted molar refractivity (Wildman–Crippen MR) is 95.5 cm³/mol. The second-order valence-electron chi connectivity index (χ2n) is 5.84. The number of nitrogen functional groups attached to an aromatic ring is 1. The Morgan fingerprint density at radius 1 is 1.35 bits per heavy atom. The van der Waals surface area contributed by atoms with E-state index in [1.165, 1.54) is 16.2 Å². The average molecular weight is 360 g/mol. The highest BCUT2D eigenvalue weighted by Crippen LogP contribution is 2.15. The normalized spacial score (nSPS) is 12.4. The second-order valence-corrected chi connectivity index (χ2v) is 5.84. The van der Waals surface area contributed by atoms with Gasteiger partial charge in [0.25, 0.3) is 5.56 Å². The van der Waals surface area contributed by atoms with E-state index in [0.717, 1.165) is 5.56 Å². The fraction of sp³-hybridized carbons (Fsp3) is 0.312. The summed E-state index contributed by atoms with van der Waals surface area (Å²) >= 11 is 0. The molecule has 0 bridgehead atoms. The highest BCUT2D eigenvalue weighted by molar-refractivity contribution is 5.74. The van der Waals surface area contributed by atoms with Gasteiger partial charge in [0.15, 0.2) is 11.2 Å². The number of nitrogens with zero attached hydrogens (tertiary/aromatic N) is 3. The third-order valence-electron chi connectivity index (χ3n) is 3.95. The molecule has 10 heteroatoms. The number of fused-ring (bicyclic) bond motifs is 1. The summed E-state index contributed by atoms with van der Waals surface area (Å²) in [5.41, 5.74) is 2.50. The van der Waals surface area contributed by atoms with Crippen LogP contribution in [0.5, 0.6) is 0 Å². The summed E-state index contributed by atoms with van der Waals surface area (Å²) in [6.45, 7) is 0.439. The molecule has 10 nitrogen and oxygen atoms in total. The van der Waals surface area contributed by atoms with Crippen molar-refractivity contribution >= 4 is 17.1 Å². The molecule has 2 heterocycles. The Balaban J connectivity index is 1.78. The first kappa shape index (κ1) is 17.9. The third-order valence-corrected chi connectivity index (χ3v) is 3.95. The lowest BCUT2D eigenvalue weighted by Gasteiger charge is -2.14. The Morgan fingerprint density at radius 3 is 2.77 bits per heavy atom. The molecule has 0 saturated carbocycles. The van der Waals surface area contributed by atoms with Gasteiger partial charge in [-0.2, -0.15) is 4.98 Å². The van der Waals surface area contributed by atoms with Crippen molar-refractivity contribution < 1.29 is 9.84 Å². The highest BCUT2D eigenvalue weighted by atomic mass is 16.5. The standard InChI is InChI=1S/C16H20N6O4/c1-21-13-12(14(24)19-16(21)25)22(15(18-13)20-17)7-11(23)9-26-8-10-5-3-2-4-6-10/h2-6,11,23H,7-9,17H2,1H3,(H,18,20)(H,19,24,25)/t11-/m0/s1. The van der Waals surface area contributed by atoms with Crippen LogP contribution in [0.4, 0.5) is 5.95 Å². The number of aryl methyl sites for hydroxylation is 1. The lowest BCUT2D eigenvalue weighted by atomic mass is 10.2. The Hall–Kier alpha value is -2.95. The van der Waals surface area contributed by atoms with E-state index in [4.69, 9.17) is 10.6 Å². The van der Waals surface area contributed by atoms with Crippen LogP contribution in [0.3, 0.4) is 0 Å². The van der Waals surface area contributed by atoms with E-state index < -0.39 is 17.4 Å². The summed E-state index contributed by atoms with van der Waals surface area (Å²) in [7, 11) is 1.48. The molecule has 138 valence electrons. The SMILES string of the molecule is Cn1c(=O)[nH]c(=O)c2c1nc(NN)n2C[C@H](O)COCc1ccccc1. The molecule has 1 aromatic carbocycles. The van der Waals surface area contributed by atoms with E-state index in [-0.39, 0.29) is 30.3 Å². The number of ether oxygens (including phenoxy) is 1. The van der Waals surface area contributed by atoms with Gasteiger partial charge in [0.2, 0.25) is 5.95 Å². The van der Waals surface area contributed by atoms with Crippen molar-refractivity contribution in [2.45, 2.75) is 19.3 Å². The first-order chi connectivity index (χ1) is 12.5. The molecule has 3 aromatic rings. The number of aromatic nitrogens is 4. The zero-order valence-corrected chi connectivity index (χ0v) is 14.2. The Bertz CT molecular complexity index is 1010. The molecule has 5 N–H and O–H groups in total. The molecule has 3 rings (SSSR count). The summed E-state index contributed by atoms with van der Waals surface area (Å²) in [5.74, 6) is 5.62. The monoisotopic (exact) mass is 360 g/mol. The predicted octanol–water partition coefficient (Wildman–Crippen LogP) is -0.713. The van der Waals surface area contributed by atoms with Crippen LogP contribution in [0.1, 0.15) is 5.56 Å². The van der Waals surface area contributed by atoms with E-state index in [0.29, 0.717) is 6.61 Å². The van der Waals surface area contributed by atoms with Crippen molar-refractivity contribution in [2.24, 2.45) is 12.9 Å². The number of H-pyrrole nitrogens is 1. The van der Waals surface area contributed by atoms with E-state index in [1.54, 1.807) is 0 Å². The molecular weight excluding hydrogens is 340 g/mol. The Morgan fingerprint density at radius 2 is 2.08 bits per heavy atom. The molecular formula is C16H20N6O4. The summed E-state index contributed by atoms with van der Waals surface area (Å²) in [4.78, 5) is 30.2. The van der Waals surface area contributed by atoms with Gasteiger partial charge in [0, 0.05) is 7.05 Å². The summed E-state index contributed by atoms with van der Waals surface area (Å²) in [5, 5.41) is 10.3. The second kappa shape index (κ2) is 7.52. The zero-order chi connectivity index (χ0) is 18.7. The first-order valence-corrected chi connectivity index (χ1v) is 7.97. The fourth-order valence-corrected chi connectivity index (χ4v) is 2.67. The van der Waals surface area contributed by atoms with Crippen molar-refractivity contribution in [1.29, 1.82) is 0 Å². The molecule has 0 fully saturated rings. The van der Waals surface area contributed by atoms with Crippen LogP contribution >= 0.6 is 0 Å². The van der Waals surface area contributed by atoms with Crippen LogP contribution in [-0.2, 0) is 24.9 Å². The van der Waals surface area contributed by atoms with Gasteiger partial charge in [0.05, 0.1) is 25.9 Å². The maximum absolute atomic E-state index is 12.2. The topological polar surface area (TPSA) is 140 Å². The molecule has 1 atom stereocenters. The van der Waals surface area contributed by atoms with Crippen LogP contribution in [0.25, 0.3) is 11.2 Å². The van der Waals surface area contributed by atoms with E-state index in [2.05, 4.69) is 15.4 Å². The van der Waals surface area contributed by atoms with Gasteiger partial charge in [-0.25, -0.2) is 10.6 Å². The minimum atomic E-state index is -0.903. The maximum atomic E-state index is 12.2. The lowest BCUT2D eigenvalue weighted by Crippen LogP contribution is -2.30. The quantitative estimate of drug-likeness (QED) is 0.322. The van der Waals surface area contributed by atoms with Gasteiger partial charge < -0.3 is 14.4 Å². The van der Waals surface area contributed by atoms with E-state index >= 15 is 0 Å². The number of aliphatic hydroxyl groups is 1. The minimum absolute atomic E-state index is 0.0199. The lowest BCUT2D eigenvalue weighted by molar-refractivity contribution is 0.0211. The number of nitrogens with two attached hydrogens (primary N) is 1. The van der Waals surface area contributed by atoms with Crippen LogP contribution in [0, 0.1) is 0 Å². The molecule has 0 radical (unpaired) electrons. The highest BCUT2D eigenvalue weighted by Gasteiger charge is 2.19. The Kier molecular flexibility index (Phi) is 5.16. The van der Waals surface area contributed by atoms with Crippen LogP contribution in [0.2, 0.25) is 0 Å². The van der Waals surface area contributed by atoms with Crippen molar-refractivity contribution in [3.8, 4) is 0 Å². The van der Waals surface area contributed by atoms with Crippen molar-refractivity contribution in [3.63, 3.8) is 0 Å². The summed E-state index contributed by atoms with van der Waals surface area (Å²) in [6.07, 6.45) is -0.903. The van der Waals surface area contributed by atoms with Crippen molar-refractivity contribution in [1.82, 2.24) is 19.1 Å². The molecule has 26 heavy (non-hydrogen) atoms. The van der Waals surface area contributed by atoms with Crippen LogP contribution in [0.15, 0.2) is 39.9 Å². The largest absolute Gasteiger partial charge is 0.389 e.